The third-order valence-electron chi connectivity index (χ3n) is 3.01. The molecule has 0 aliphatic rings. The lowest BCUT2D eigenvalue weighted by molar-refractivity contribution is -0.137. The van der Waals surface area contributed by atoms with Gasteiger partial charge in [0.15, 0.2) is 0 Å². The highest BCUT2D eigenvalue weighted by Gasteiger charge is 2.33. The summed E-state index contributed by atoms with van der Waals surface area (Å²) in [6.45, 7) is 0. The third-order valence-corrected chi connectivity index (χ3v) is 3.01. The molecule has 21 heavy (non-hydrogen) atoms. The topological polar surface area (TPSA) is 9.23 Å². The van der Waals surface area contributed by atoms with Gasteiger partial charge in [-0.1, -0.05) is 24.3 Å². The molecule has 6 heteroatoms. The largest absolute Gasteiger partial charge is 0.496 e. The second-order valence-electron chi connectivity index (χ2n) is 4.30. The molecule has 0 unspecified atom stereocenters. The van der Waals surface area contributed by atoms with Crippen LogP contribution in [0.15, 0.2) is 42.5 Å². The number of benzene rings is 2. The number of hydrogen-bond donors (Lipinski definition) is 0. The number of ether oxygens (including phenoxy) is 1. The summed E-state index contributed by atoms with van der Waals surface area (Å²) in [5.41, 5.74) is -1.38. The van der Waals surface area contributed by atoms with E-state index in [1.807, 2.05) is 0 Å². The Morgan fingerprint density at radius 1 is 1.00 bits per heavy atom. The highest BCUT2D eigenvalue weighted by atomic mass is 19.4. The van der Waals surface area contributed by atoms with Crippen LogP contribution in [0.3, 0.4) is 0 Å². The van der Waals surface area contributed by atoms with E-state index in [-0.39, 0.29) is 16.9 Å². The normalized spacial score (nSPS) is 11.8. The van der Waals surface area contributed by atoms with Gasteiger partial charge >= 0.3 is 6.18 Å². The molecule has 0 radical (unpaired) electrons. The van der Waals surface area contributed by atoms with Gasteiger partial charge in [-0.25, -0.2) is 8.78 Å². The summed E-state index contributed by atoms with van der Waals surface area (Å²) in [6, 6.07) is 8.44. The van der Waals surface area contributed by atoms with Crippen molar-refractivity contribution in [2.24, 2.45) is 0 Å². The van der Waals surface area contributed by atoms with Crippen molar-refractivity contribution in [3.63, 3.8) is 0 Å². The first-order chi connectivity index (χ1) is 9.84. The van der Waals surface area contributed by atoms with E-state index in [4.69, 9.17) is 4.74 Å². The summed E-state index contributed by atoms with van der Waals surface area (Å²) in [6.07, 6.45) is -7.39. The Morgan fingerprint density at radius 3 is 2.24 bits per heavy atom. The van der Waals surface area contributed by atoms with E-state index in [1.54, 1.807) is 0 Å². The van der Waals surface area contributed by atoms with Crippen LogP contribution >= 0.6 is 0 Å². The predicted molar refractivity (Wildman–Crippen MR) is 68.4 cm³/mol. The van der Waals surface area contributed by atoms with Gasteiger partial charge in [-0.3, -0.25) is 0 Å². The Balaban J connectivity index is 2.61. The SMILES string of the molecule is COc1ccc(-c2ccccc2C(F)(F)F)cc1C(F)F. The van der Waals surface area contributed by atoms with Crippen LogP contribution in [0.5, 0.6) is 5.75 Å². The van der Waals surface area contributed by atoms with E-state index in [2.05, 4.69) is 0 Å². The van der Waals surface area contributed by atoms with Gasteiger partial charge in [-0.05, 0) is 29.3 Å². The van der Waals surface area contributed by atoms with Crippen molar-refractivity contribution in [3.05, 3.63) is 53.6 Å². The number of halogens is 5. The minimum Gasteiger partial charge on any atom is -0.496 e. The van der Waals surface area contributed by atoms with E-state index in [0.29, 0.717) is 0 Å². The van der Waals surface area contributed by atoms with E-state index >= 15 is 0 Å². The van der Waals surface area contributed by atoms with Crippen LogP contribution in [-0.4, -0.2) is 7.11 Å². The van der Waals surface area contributed by atoms with Crippen LogP contribution in [-0.2, 0) is 6.18 Å². The summed E-state index contributed by atoms with van der Waals surface area (Å²) >= 11 is 0. The molecule has 0 spiro atoms. The van der Waals surface area contributed by atoms with E-state index in [9.17, 15) is 22.0 Å². The van der Waals surface area contributed by atoms with Gasteiger partial charge in [-0.15, -0.1) is 0 Å². The van der Waals surface area contributed by atoms with Gasteiger partial charge in [0.25, 0.3) is 6.43 Å². The summed E-state index contributed by atoms with van der Waals surface area (Å²) < 4.78 is 69.6. The Hall–Kier alpha value is -2.11. The predicted octanol–water partition coefficient (Wildman–Crippen LogP) is 5.32. The second-order valence-corrected chi connectivity index (χ2v) is 4.30. The van der Waals surface area contributed by atoms with Gasteiger partial charge in [0.2, 0.25) is 0 Å². The summed E-state index contributed by atoms with van der Waals surface area (Å²) in [4.78, 5) is 0. The zero-order valence-corrected chi connectivity index (χ0v) is 10.9. The van der Waals surface area contributed by atoms with Crippen molar-refractivity contribution in [1.82, 2.24) is 0 Å². The molecule has 112 valence electrons. The molecule has 0 aliphatic heterocycles. The van der Waals surface area contributed by atoms with Crippen LogP contribution < -0.4 is 4.74 Å². The van der Waals surface area contributed by atoms with Gasteiger partial charge < -0.3 is 4.74 Å². The minimum atomic E-state index is -4.55. The first-order valence-corrected chi connectivity index (χ1v) is 5.97. The summed E-state index contributed by atoms with van der Waals surface area (Å²) in [5, 5.41) is 0. The third kappa shape index (κ3) is 3.15. The minimum absolute atomic E-state index is 0.0572. The highest BCUT2D eigenvalue weighted by molar-refractivity contribution is 5.70. The smallest absolute Gasteiger partial charge is 0.417 e. The molecular formula is C15H11F5O. The fraction of sp³-hybridized carbons (Fsp3) is 0.200. The first kappa shape index (κ1) is 15.3. The number of rotatable bonds is 3. The second kappa shape index (κ2) is 5.71. The molecule has 2 rings (SSSR count). The highest BCUT2D eigenvalue weighted by Crippen LogP contribution is 2.39. The molecule has 0 saturated carbocycles. The van der Waals surface area contributed by atoms with E-state index in [0.717, 1.165) is 12.1 Å². The van der Waals surface area contributed by atoms with Crippen molar-refractivity contribution in [3.8, 4) is 16.9 Å². The molecular weight excluding hydrogens is 291 g/mol. The fourth-order valence-electron chi connectivity index (χ4n) is 2.05. The Morgan fingerprint density at radius 2 is 1.67 bits per heavy atom. The average Bonchev–Trinajstić information content (AvgIpc) is 2.45. The molecule has 0 amide bonds. The molecule has 0 heterocycles. The fourth-order valence-corrected chi connectivity index (χ4v) is 2.05. The zero-order valence-electron chi connectivity index (χ0n) is 10.9. The average molecular weight is 302 g/mol. The maximum atomic E-state index is 13.0. The Labute approximate surface area is 118 Å². The van der Waals surface area contributed by atoms with Gasteiger partial charge in [0, 0.05) is 0 Å². The van der Waals surface area contributed by atoms with Crippen molar-refractivity contribution < 1.29 is 26.7 Å². The van der Waals surface area contributed by atoms with Gasteiger partial charge in [-0.2, -0.15) is 13.2 Å². The van der Waals surface area contributed by atoms with Crippen LogP contribution in [0.4, 0.5) is 22.0 Å². The van der Waals surface area contributed by atoms with E-state index in [1.165, 1.54) is 37.4 Å². The van der Waals surface area contributed by atoms with Gasteiger partial charge in [0.1, 0.15) is 5.75 Å². The van der Waals surface area contributed by atoms with Crippen LogP contribution in [0, 0.1) is 0 Å². The number of alkyl halides is 5. The monoisotopic (exact) mass is 302 g/mol. The molecule has 1 nitrogen and oxygen atoms in total. The lowest BCUT2D eigenvalue weighted by Gasteiger charge is -2.15. The van der Waals surface area contributed by atoms with Crippen molar-refractivity contribution in [1.29, 1.82) is 0 Å². The molecule has 0 aliphatic carbocycles. The molecule has 0 bridgehead atoms. The number of hydrogen-bond acceptors (Lipinski definition) is 1. The van der Waals surface area contributed by atoms with Crippen LogP contribution in [0.2, 0.25) is 0 Å². The van der Waals surface area contributed by atoms with Crippen LogP contribution in [0.1, 0.15) is 17.6 Å². The maximum Gasteiger partial charge on any atom is 0.417 e. The molecule has 2 aromatic carbocycles. The van der Waals surface area contributed by atoms with Crippen molar-refractivity contribution >= 4 is 0 Å². The molecule has 0 N–H and O–H groups in total. The zero-order chi connectivity index (χ0) is 15.6. The first-order valence-electron chi connectivity index (χ1n) is 5.97. The van der Waals surface area contributed by atoms with Crippen molar-refractivity contribution in [2.75, 3.05) is 7.11 Å². The Bertz CT molecular complexity index is 634. The number of methoxy groups -OCH3 is 1. The maximum absolute atomic E-state index is 13.0. The lowest BCUT2D eigenvalue weighted by Crippen LogP contribution is -2.07. The summed E-state index contributed by atoms with van der Waals surface area (Å²) in [7, 11) is 1.23. The molecule has 0 saturated heterocycles. The van der Waals surface area contributed by atoms with E-state index < -0.39 is 23.7 Å². The molecule has 2 aromatic rings. The van der Waals surface area contributed by atoms with Crippen molar-refractivity contribution in [2.45, 2.75) is 12.6 Å². The standard InChI is InChI=1S/C15H11F5O/c1-21-13-7-6-9(8-11(13)14(16)17)10-4-2-3-5-12(10)15(18,19)20/h2-8,14H,1H3. The lowest BCUT2D eigenvalue weighted by atomic mass is 9.97. The summed E-state index contributed by atoms with van der Waals surface area (Å²) in [5.74, 6) is -0.0572. The van der Waals surface area contributed by atoms with Gasteiger partial charge in [0.05, 0.1) is 18.2 Å². The Kier molecular flexibility index (Phi) is 4.16. The van der Waals surface area contributed by atoms with Crippen LogP contribution in [0.25, 0.3) is 11.1 Å². The molecule has 0 fully saturated rings. The molecule has 0 atom stereocenters. The molecule has 0 aromatic heterocycles. The quantitative estimate of drug-likeness (QED) is 0.697.